The first-order chi connectivity index (χ1) is 15.6. The number of nitro benzene ring substituents is 1. The van der Waals surface area contributed by atoms with E-state index >= 15 is 0 Å². The van der Waals surface area contributed by atoms with Gasteiger partial charge in [0, 0.05) is 19.0 Å². The number of alkyl halides is 3. The van der Waals surface area contributed by atoms with Crippen molar-refractivity contribution in [2.24, 2.45) is 0 Å². The van der Waals surface area contributed by atoms with Crippen molar-refractivity contribution >= 4 is 23.2 Å². The van der Waals surface area contributed by atoms with E-state index in [-0.39, 0.29) is 18.7 Å². The second kappa shape index (κ2) is 11.5. The number of nitro groups is 1. The number of hydrazine groups is 1. The van der Waals surface area contributed by atoms with Crippen LogP contribution >= 0.6 is 0 Å². The molecule has 2 rings (SSSR count). The molecule has 0 aliphatic carbocycles. The lowest BCUT2D eigenvalue weighted by molar-refractivity contribution is -0.384. The summed E-state index contributed by atoms with van der Waals surface area (Å²) < 4.78 is 48.9. The minimum Gasteiger partial charge on any atom is -0.490 e. The van der Waals surface area contributed by atoms with Crippen molar-refractivity contribution in [3.8, 4) is 11.5 Å². The lowest BCUT2D eigenvalue weighted by Crippen LogP contribution is -2.44. The van der Waals surface area contributed by atoms with E-state index in [2.05, 4.69) is 16.2 Å². The molecule has 2 amide bonds. The zero-order valence-electron chi connectivity index (χ0n) is 17.4. The Labute approximate surface area is 186 Å². The smallest absolute Gasteiger partial charge is 0.416 e. The normalized spacial score (nSPS) is 10.8. The van der Waals surface area contributed by atoms with Gasteiger partial charge in [-0.2, -0.15) is 13.2 Å². The molecule has 2 aromatic carbocycles. The summed E-state index contributed by atoms with van der Waals surface area (Å²) in [4.78, 5) is 33.8. The molecule has 0 saturated carbocycles. The lowest BCUT2D eigenvalue weighted by atomic mass is 10.1. The van der Waals surface area contributed by atoms with Gasteiger partial charge in [0.15, 0.2) is 18.1 Å². The fourth-order valence-electron chi connectivity index (χ4n) is 2.54. The van der Waals surface area contributed by atoms with Crippen LogP contribution in [0, 0.1) is 10.1 Å². The van der Waals surface area contributed by atoms with E-state index in [1.165, 1.54) is 0 Å². The molecular formula is C20H21F3N4O6. The summed E-state index contributed by atoms with van der Waals surface area (Å²) in [5, 5.41) is 13.6. The van der Waals surface area contributed by atoms with Crippen molar-refractivity contribution in [2.75, 3.05) is 25.1 Å². The highest BCUT2D eigenvalue weighted by atomic mass is 19.4. The molecule has 0 aliphatic heterocycles. The fraction of sp³-hybridized carbons (Fsp3) is 0.300. The zero-order valence-corrected chi connectivity index (χ0v) is 17.4. The number of halogens is 3. The SMILES string of the molecule is CCOc1ccccc1OCC(=O)NNC(=O)CCNc1ccc(C(F)(F)F)cc1[N+](=O)[O-]. The van der Waals surface area contributed by atoms with Gasteiger partial charge in [-0.25, -0.2) is 0 Å². The molecule has 0 aliphatic rings. The Morgan fingerprint density at radius 1 is 1.03 bits per heavy atom. The number of nitrogens with one attached hydrogen (secondary N) is 3. The molecule has 0 aromatic heterocycles. The van der Waals surface area contributed by atoms with Gasteiger partial charge in [-0.3, -0.25) is 30.6 Å². The number of nitrogens with zero attached hydrogens (tertiary/aromatic N) is 1. The number of carbonyl (C=O) groups is 2. The highest BCUT2D eigenvalue weighted by Crippen LogP contribution is 2.34. The van der Waals surface area contributed by atoms with Gasteiger partial charge in [0.05, 0.1) is 17.1 Å². The molecule has 2 aromatic rings. The largest absolute Gasteiger partial charge is 0.490 e. The summed E-state index contributed by atoms with van der Waals surface area (Å²) in [6.07, 6.45) is -4.96. The van der Waals surface area contributed by atoms with Crippen LogP contribution in [0.15, 0.2) is 42.5 Å². The maximum absolute atomic E-state index is 12.7. The second-order valence-corrected chi connectivity index (χ2v) is 6.43. The van der Waals surface area contributed by atoms with Gasteiger partial charge in [-0.1, -0.05) is 12.1 Å². The molecule has 178 valence electrons. The zero-order chi connectivity index (χ0) is 24.4. The first-order valence-corrected chi connectivity index (χ1v) is 9.63. The molecule has 0 atom stereocenters. The van der Waals surface area contributed by atoms with Crippen LogP contribution in [0.25, 0.3) is 0 Å². The average Bonchev–Trinajstić information content (AvgIpc) is 2.76. The van der Waals surface area contributed by atoms with E-state index < -0.39 is 40.8 Å². The summed E-state index contributed by atoms with van der Waals surface area (Å²) in [7, 11) is 0. The molecule has 10 nitrogen and oxygen atoms in total. The number of rotatable bonds is 10. The third-order valence-electron chi connectivity index (χ3n) is 4.04. The Kier molecular flexibility index (Phi) is 8.83. The maximum Gasteiger partial charge on any atom is 0.416 e. The number of amides is 2. The van der Waals surface area contributed by atoms with Crippen molar-refractivity contribution in [1.82, 2.24) is 10.9 Å². The molecule has 13 heteroatoms. The van der Waals surface area contributed by atoms with E-state index in [0.29, 0.717) is 30.2 Å². The van der Waals surface area contributed by atoms with E-state index in [9.17, 15) is 32.9 Å². The molecule has 0 bridgehead atoms. The number of benzene rings is 2. The quantitative estimate of drug-likeness (QED) is 0.359. The van der Waals surface area contributed by atoms with E-state index in [4.69, 9.17) is 9.47 Å². The molecule has 0 radical (unpaired) electrons. The van der Waals surface area contributed by atoms with Gasteiger partial charge < -0.3 is 14.8 Å². The first-order valence-electron chi connectivity index (χ1n) is 9.63. The van der Waals surface area contributed by atoms with Crippen molar-refractivity contribution in [2.45, 2.75) is 19.5 Å². The third kappa shape index (κ3) is 7.87. The second-order valence-electron chi connectivity index (χ2n) is 6.43. The number of hydrogen-bond donors (Lipinski definition) is 3. The third-order valence-corrected chi connectivity index (χ3v) is 4.04. The number of carbonyl (C=O) groups excluding carboxylic acids is 2. The van der Waals surface area contributed by atoms with Gasteiger partial charge in [-0.05, 0) is 31.2 Å². The van der Waals surface area contributed by atoms with E-state index in [1.807, 2.05) is 0 Å². The maximum atomic E-state index is 12.7. The Hall–Kier alpha value is -4.03. The van der Waals surface area contributed by atoms with Gasteiger partial charge in [-0.15, -0.1) is 0 Å². The molecule has 0 saturated heterocycles. The minimum absolute atomic E-state index is 0.133. The van der Waals surface area contributed by atoms with Crippen molar-refractivity contribution in [3.63, 3.8) is 0 Å². The number of ether oxygens (including phenoxy) is 2. The van der Waals surface area contributed by atoms with E-state index in [1.54, 1.807) is 31.2 Å². The number of anilines is 1. The molecule has 33 heavy (non-hydrogen) atoms. The van der Waals surface area contributed by atoms with Gasteiger partial charge in [0.2, 0.25) is 5.91 Å². The van der Waals surface area contributed by atoms with Gasteiger partial charge in [0.25, 0.3) is 11.6 Å². The van der Waals surface area contributed by atoms with Crippen molar-refractivity contribution < 1.29 is 37.2 Å². The lowest BCUT2D eigenvalue weighted by Gasteiger charge is -2.12. The summed E-state index contributed by atoms with van der Waals surface area (Å²) in [6, 6.07) is 8.75. The van der Waals surface area contributed by atoms with E-state index in [0.717, 1.165) is 6.07 Å². The van der Waals surface area contributed by atoms with Crippen LogP contribution in [-0.2, 0) is 15.8 Å². The van der Waals surface area contributed by atoms with Gasteiger partial charge >= 0.3 is 6.18 Å². The molecule has 0 fully saturated rings. The summed E-state index contributed by atoms with van der Waals surface area (Å²) in [5.41, 5.74) is 2.17. The summed E-state index contributed by atoms with van der Waals surface area (Å²) >= 11 is 0. The number of para-hydroxylation sites is 2. The Morgan fingerprint density at radius 3 is 2.27 bits per heavy atom. The van der Waals surface area contributed by atoms with Crippen LogP contribution in [0.4, 0.5) is 24.5 Å². The number of hydrogen-bond acceptors (Lipinski definition) is 7. The van der Waals surface area contributed by atoms with Crippen molar-refractivity contribution in [3.05, 3.63) is 58.1 Å². The highest BCUT2D eigenvalue weighted by Gasteiger charge is 2.33. The molecule has 0 heterocycles. The predicted molar refractivity (Wildman–Crippen MR) is 111 cm³/mol. The molecular weight excluding hydrogens is 449 g/mol. The van der Waals surface area contributed by atoms with Crippen LogP contribution in [0.2, 0.25) is 0 Å². The molecule has 0 spiro atoms. The monoisotopic (exact) mass is 470 g/mol. The summed E-state index contributed by atoms with van der Waals surface area (Å²) in [6.45, 7) is 1.67. The van der Waals surface area contributed by atoms with Crippen LogP contribution in [0.5, 0.6) is 11.5 Å². The Bertz CT molecular complexity index is 1000. The predicted octanol–water partition coefficient (Wildman–Crippen LogP) is 3.04. The van der Waals surface area contributed by atoms with Crippen LogP contribution < -0.4 is 25.6 Å². The highest BCUT2D eigenvalue weighted by molar-refractivity contribution is 5.83. The average molecular weight is 470 g/mol. The molecule has 0 unspecified atom stereocenters. The standard InChI is InChI=1S/C20H21F3N4O6/c1-2-32-16-5-3-4-6-17(16)33-12-19(29)26-25-18(28)9-10-24-14-8-7-13(20(21,22)23)11-15(14)27(30)31/h3-8,11,24H,2,9-10,12H2,1H3,(H,25,28)(H,26,29). The van der Waals surface area contributed by atoms with Gasteiger partial charge in [0.1, 0.15) is 5.69 Å². The Morgan fingerprint density at radius 2 is 1.67 bits per heavy atom. The minimum atomic E-state index is -4.73. The van der Waals surface area contributed by atoms with Crippen molar-refractivity contribution in [1.29, 1.82) is 0 Å². The fourth-order valence-corrected chi connectivity index (χ4v) is 2.54. The topological polar surface area (TPSA) is 132 Å². The first kappa shape index (κ1) is 25.2. The summed E-state index contributed by atoms with van der Waals surface area (Å²) in [5.74, 6) is -0.482. The van der Waals surface area contributed by atoms with Crippen LogP contribution in [-0.4, -0.2) is 36.5 Å². The van der Waals surface area contributed by atoms with Crippen LogP contribution in [0.1, 0.15) is 18.9 Å². The Balaban J connectivity index is 1.78. The van der Waals surface area contributed by atoms with Crippen LogP contribution in [0.3, 0.4) is 0 Å². The molecule has 3 N–H and O–H groups in total.